The number of amidine groups is 1. The Kier molecular flexibility index (Phi) is 4.86. The van der Waals surface area contributed by atoms with Crippen molar-refractivity contribution in [2.75, 3.05) is 5.88 Å². The normalized spacial score (nSPS) is 11.3. The van der Waals surface area contributed by atoms with E-state index in [1.54, 1.807) is 6.07 Å². The summed E-state index contributed by atoms with van der Waals surface area (Å²) in [6.07, 6.45) is 0. The molecule has 1 rings (SSSR count). The Morgan fingerprint density at radius 2 is 1.94 bits per heavy atom. The number of benzene rings is 1. The SMILES string of the molecule is N/C(CCl)=N\OC(=O)c1c(Cl)cccc1Cl. The number of carbonyl (C=O) groups is 1. The predicted octanol–water partition coefficient (Wildman–Crippen LogP) is 2.66. The molecule has 16 heavy (non-hydrogen) atoms. The number of hydrogen-bond acceptors (Lipinski definition) is 3. The van der Waals surface area contributed by atoms with Gasteiger partial charge in [0.15, 0.2) is 5.84 Å². The number of halogens is 3. The van der Waals surface area contributed by atoms with Crippen molar-refractivity contribution in [2.45, 2.75) is 0 Å². The third-order valence-electron chi connectivity index (χ3n) is 1.55. The van der Waals surface area contributed by atoms with Gasteiger partial charge in [0, 0.05) is 0 Å². The minimum atomic E-state index is -0.788. The second-order valence-electron chi connectivity index (χ2n) is 2.69. The maximum atomic E-state index is 11.5. The number of carbonyl (C=O) groups excluding carboxylic acids is 1. The molecule has 0 fully saturated rings. The molecule has 0 atom stereocenters. The molecule has 2 N–H and O–H groups in total. The molecule has 0 amide bonds. The highest BCUT2D eigenvalue weighted by Crippen LogP contribution is 2.24. The van der Waals surface area contributed by atoms with Gasteiger partial charge in [0.25, 0.3) is 0 Å². The monoisotopic (exact) mass is 280 g/mol. The largest absolute Gasteiger partial charge is 0.383 e. The van der Waals surface area contributed by atoms with Gasteiger partial charge >= 0.3 is 5.97 Å². The van der Waals surface area contributed by atoms with Crippen LogP contribution in [0.1, 0.15) is 10.4 Å². The molecule has 0 saturated carbocycles. The van der Waals surface area contributed by atoms with Gasteiger partial charge in [-0.05, 0) is 12.1 Å². The number of rotatable bonds is 3. The van der Waals surface area contributed by atoms with Crippen LogP contribution in [-0.4, -0.2) is 17.7 Å². The Morgan fingerprint density at radius 3 is 2.44 bits per heavy atom. The quantitative estimate of drug-likeness (QED) is 0.304. The van der Waals surface area contributed by atoms with Crippen LogP contribution in [0.3, 0.4) is 0 Å². The summed E-state index contributed by atoms with van der Waals surface area (Å²) in [6.45, 7) is 0. The summed E-state index contributed by atoms with van der Waals surface area (Å²) in [6, 6.07) is 4.63. The first kappa shape index (κ1) is 13.1. The molecule has 0 aromatic heterocycles. The smallest absolute Gasteiger partial charge is 0.368 e. The predicted molar refractivity (Wildman–Crippen MR) is 64.2 cm³/mol. The molecular formula is C9H7Cl3N2O2. The summed E-state index contributed by atoms with van der Waals surface area (Å²) in [5.74, 6) is -0.842. The zero-order valence-corrected chi connectivity index (χ0v) is 10.2. The van der Waals surface area contributed by atoms with Crippen LogP contribution in [0.25, 0.3) is 0 Å². The van der Waals surface area contributed by atoms with E-state index in [0.717, 1.165) is 0 Å². The molecule has 0 aliphatic carbocycles. The fourth-order valence-electron chi connectivity index (χ4n) is 0.863. The van der Waals surface area contributed by atoms with Gasteiger partial charge in [0.2, 0.25) is 0 Å². The van der Waals surface area contributed by atoms with E-state index in [-0.39, 0.29) is 27.3 Å². The minimum Gasteiger partial charge on any atom is -0.383 e. The highest BCUT2D eigenvalue weighted by Gasteiger charge is 2.16. The van der Waals surface area contributed by atoms with Crippen LogP contribution in [0.15, 0.2) is 23.4 Å². The van der Waals surface area contributed by atoms with Crippen molar-refractivity contribution in [2.24, 2.45) is 10.9 Å². The van der Waals surface area contributed by atoms with Gasteiger partial charge in [-0.25, -0.2) is 4.79 Å². The third-order valence-corrected chi connectivity index (χ3v) is 2.45. The highest BCUT2D eigenvalue weighted by molar-refractivity contribution is 6.39. The molecule has 1 aromatic rings. The van der Waals surface area contributed by atoms with E-state index in [1.807, 2.05) is 0 Å². The first-order valence-corrected chi connectivity index (χ1v) is 5.39. The molecule has 4 nitrogen and oxygen atoms in total. The van der Waals surface area contributed by atoms with E-state index in [2.05, 4.69) is 9.99 Å². The van der Waals surface area contributed by atoms with Crippen LogP contribution in [-0.2, 0) is 4.84 Å². The fraction of sp³-hybridized carbons (Fsp3) is 0.111. The molecular weight excluding hydrogens is 274 g/mol. The number of nitrogens with two attached hydrogens (primary N) is 1. The van der Waals surface area contributed by atoms with Crippen LogP contribution in [0.4, 0.5) is 0 Å². The summed E-state index contributed by atoms with van der Waals surface area (Å²) < 4.78 is 0. The summed E-state index contributed by atoms with van der Waals surface area (Å²) in [7, 11) is 0. The Balaban J connectivity index is 2.89. The molecule has 0 bridgehead atoms. The standard InChI is InChI=1S/C9H7Cl3N2O2/c10-4-7(13)14-16-9(15)8-5(11)2-1-3-6(8)12/h1-3H,4H2,(H2,13,14). The Hall–Kier alpha value is -0.970. The maximum absolute atomic E-state index is 11.5. The molecule has 0 aliphatic heterocycles. The van der Waals surface area contributed by atoms with E-state index < -0.39 is 5.97 Å². The molecule has 0 unspecified atom stereocenters. The summed E-state index contributed by atoms with van der Waals surface area (Å²) in [5.41, 5.74) is 5.29. The number of alkyl halides is 1. The van der Waals surface area contributed by atoms with Gasteiger partial charge in [0.05, 0.1) is 21.5 Å². The molecule has 7 heteroatoms. The second-order valence-corrected chi connectivity index (χ2v) is 3.77. The third kappa shape index (κ3) is 3.27. The molecule has 1 aromatic carbocycles. The van der Waals surface area contributed by atoms with Gasteiger partial charge < -0.3 is 10.6 Å². The number of hydrogen-bond donors (Lipinski definition) is 1. The highest BCUT2D eigenvalue weighted by atomic mass is 35.5. The van der Waals surface area contributed by atoms with Crippen molar-refractivity contribution in [3.63, 3.8) is 0 Å². The van der Waals surface area contributed by atoms with Crippen molar-refractivity contribution >= 4 is 46.6 Å². The van der Waals surface area contributed by atoms with E-state index in [0.29, 0.717) is 0 Å². The van der Waals surface area contributed by atoms with Crippen molar-refractivity contribution in [1.82, 2.24) is 0 Å². The number of oxime groups is 1. The lowest BCUT2D eigenvalue weighted by Crippen LogP contribution is -2.15. The van der Waals surface area contributed by atoms with Gasteiger partial charge in [-0.3, -0.25) is 0 Å². The van der Waals surface area contributed by atoms with Crippen LogP contribution >= 0.6 is 34.8 Å². The van der Waals surface area contributed by atoms with Crippen LogP contribution < -0.4 is 5.73 Å². The minimum absolute atomic E-state index is 0.0156. The van der Waals surface area contributed by atoms with Crippen molar-refractivity contribution in [3.8, 4) is 0 Å². The molecule has 0 spiro atoms. The lowest BCUT2D eigenvalue weighted by Gasteiger charge is -2.03. The van der Waals surface area contributed by atoms with Crippen LogP contribution in [0.5, 0.6) is 0 Å². The summed E-state index contributed by atoms with van der Waals surface area (Å²) in [4.78, 5) is 16.0. The lowest BCUT2D eigenvalue weighted by molar-refractivity contribution is 0.0516. The maximum Gasteiger partial charge on any atom is 0.368 e. The molecule has 0 saturated heterocycles. The Labute approximate surface area is 107 Å². The topological polar surface area (TPSA) is 64.7 Å². The number of nitrogens with zero attached hydrogens (tertiary/aromatic N) is 1. The zero-order chi connectivity index (χ0) is 12.1. The average molecular weight is 282 g/mol. The van der Waals surface area contributed by atoms with Gasteiger partial charge in [0.1, 0.15) is 0 Å². The second kappa shape index (κ2) is 5.94. The van der Waals surface area contributed by atoms with Crippen molar-refractivity contribution in [3.05, 3.63) is 33.8 Å². The van der Waals surface area contributed by atoms with Crippen LogP contribution in [0, 0.1) is 0 Å². The molecule has 86 valence electrons. The van der Waals surface area contributed by atoms with Crippen LogP contribution in [0.2, 0.25) is 10.0 Å². The van der Waals surface area contributed by atoms with Crippen molar-refractivity contribution < 1.29 is 9.63 Å². The van der Waals surface area contributed by atoms with E-state index >= 15 is 0 Å². The van der Waals surface area contributed by atoms with E-state index in [9.17, 15) is 4.79 Å². The van der Waals surface area contributed by atoms with Gasteiger partial charge in [-0.2, -0.15) is 0 Å². The molecule has 0 aliphatic rings. The van der Waals surface area contributed by atoms with Gasteiger partial charge in [-0.15, -0.1) is 11.6 Å². The summed E-state index contributed by atoms with van der Waals surface area (Å²) >= 11 is 16.9. The Morgan fingerprint density at radius 1 is 1.38 bits per heavy atom. The zero-order valence-electron chi connectivity index (χ0n) is 7.91. The summed E-state index contributed by atoms with van der Waals surface area (Å²) in [5, 5.41) is 3.65. The van der Waals surface area contributed by atoms with E-state index in [1.165, 1.54) is 12.1 Å². The first-order chi connectivity index (χ1) is 7.56. The molecule has 0 radical (unpaired) electrons. The van der Waals surface area contributed by atoms with Crippen molar-refractivity contribution in [1.29, 1.82) is 0 Å². The van der Waals surface area contributed by atoms with E-state index in [4.69, 9.17) is 40.5 Å². The van der Waals surface area contributed by atoms with Gasteiger partial charge in [-0.1, -0.05) is 34.4 Å². The molecule has 0 heterocycles. The fourth-order valence-corrected chi connectivity index (χ4v) is 1.46. The Bertz CT molecular complexity index is 415. The first-order valence-electron chi connectivity index (χ1n) is 4.10. The lowest BCUT2D eigenvalue weighted by atomic mass is 10.2. The average Bonchev–Trinajstić information content (AvgIpc) is 2.25.